The molecule has 1 rings (SSSR count). The maximum atomic E-state index is 11.4. The maximum absolute atomic E-state index is 11.4. The van der Waals surface area contributed by atoms with Gasteiger partial charge in [0, 0.05) is 27.2 Å². The summed E-state index contributed by atoms with van der Waals surface area (Å²) in [6.07, 6.45) is -0.215. The smallest absolute Gasteiger partial charge is 0.329 e. The Labute approximate surface area is 99.8 Å². The van der Waals surface area contributed by atoms with Gasteiger partial charge in [0.1, 0.15) is 0 Å². The molecule has 0 aromatic carbocycles. The Morgan fingerprint density at radius 1 is 1.47 bits per heavy atom. The van der Waals surface area contributed by atoms with Gasteiger partial charge in [0.05, 0.1) is 18.7 Å². The van der Waals surface area contributed by atoms with Crippen LogP contribution in [0.4, 0.5) is 4.79 Å². The highest BCUT2D eigenvalue weighted by Crippen LogP contribution is 2.12. The van der Waals surface area contributed by atoms with Gasteiger partial charge in [-0.3, -0.25) is 10.2 Å². The van der Waals surface area contributed by atoms with Crippen molar-refractivity contribution in [2.75, 3.05) is 33.8 Å². The number of ether oxygens (including phenoxy) is 1. The Morgan fingerprint density at radius 2 is 2.18 bits per heavy atom. The number of nitrogens with two attached hydrogens (primary N) is 1. The Hall–Kier alpha value is -1.38. The molecule has 0 radical (unpaired) electrons. The van der Waals surface area contributed by atoms with Gasteiger partial charge in [-0.15, -0.1) is 0 Å². The van der Waals surface area contributed by atoms with Crippen LogP contribution in [0, 0.1) is 0 Å². The first kappa shape index (κ1) is 13.7. The van der Waals surface area contributed by atoms with Gasteiger partial charge in [0.25, 0.3) is 0 Å². The van der Waals surface area contributed by atoms with Crippen molar-refractivity contribution in [2.24, 2.45) is 5.73 Å². The van der Waals surface area contributed by atoms with E-state index in [2.05, 4.69) is 16.2 Å². The van der Waals surface area contributed by atoms with Gasteiger partial charge in [-0.2, -0.15) is 0 Å². The van der Waals surface area contributed by atoms with Gasteiger partial charge in [0.15, 0.2) is 0 Å². The fourth-order valence-corrected chi connectivity index (χ4v) is 1.80. The zero-order chi connectivity index (χ0) is 12.8. The second-order valence-electron chi connectivity index (χ2n) is 3.73. The minimum Gasteiger partial charge on any atom is -0.377 e. The molecule has 8 heteroatoms. The molecule has 0 aromatic heterocycles. The number of hydrazine groups is 1. The summed E-state index contributed by atoms with van der Waals surface area (Å²) in [5.41, 5.74) is 10.2. The minimum atomic E-state index is -0.360. The quantitative estimate of drug-likeness (QED) is 0.413. The minimum absolute atomic E-state index is 0.0358. The number of amides is 3. The maximum Gasteiger partial charge on any atom is 0.329 e. The van der Waals surface area contributed by atoms with Crippen LogP contribution in [0.3, 0.4) is 0 Å². The Kier molecular flexibility index (Phi) is 5.13. The highest BCUT2D eigenvalue weighted by atomic mass is 16.5. The first-order valence-electron chi connectivity index (χ1n) is 5.36. The molecular formula is C9H19N5O3. The number of nitrogens with zero attached hydrogens (tertiary/aromatic N) is 1. The molecule has 1 aliphatic heterocycles. The van der Waals surface area contributed by atoms with Gasteiger partial charge >= 0.3 is 6.03 Å². The molecule has 8 nitrogen and oxygen atoms in total. The largest absolute Gasteiger partial charge is 0.377 e. The second kappa shape index (κ2) is 6.38. The number of hydrogen-bond donors (Lipinski definition) is 4. The second-order valence-corrected chi connectivity index (χ2v) is 3.73. The fraction of sp³-hybridized carbons (Fsp3) is 0.778. The predicted molar refractivity (Wildman–Crippen MR) is 60.9 cm³/mol. The van der Waals surface area contributed by atoms with E-state index in [1.54, 1.807) is 19.1 Å². The van der Waals surface area contributed by atoms with Crippen molar-refractivity contribution in [3.05, 3.63) is 0 Å². The van der Waals surface area contributed by atoms with Crippen LogP contribution in [0.2, 0.25) is 0 Å². The molecule has 0 aromatic rings. The number of nitrogens with one attached hydrogen (secondary N) is 3. The number of hydrogen-bond acceptors (Lipinski definition) is 5. The SMILES string of the molecule is CNNC(=O)N[C@H]1CN(C(=O)CN)C[C@@H]1OC. The molecule has 1 heterocycles. The molecule has 1 saturated heterocycles. The van der Waals surface area contributed by atoms with Crippen molar-refractivity contribution in [1.29, 1.82) is 0 Å². The van der Waals surface area contributed by atoms with E-state index in [1.165, 1.54) is 0 Å². The van der Waals surface area contributed by atoms with Crippen LogP contribution >= 0.6 is 0 Å². The monoisotopic (exact) mass is 245 g/mol. The zero-order valence-corrected chi connectivity index (χ0v) is 10.0. The van der Waals surface area contributed by atoms with Crippen molar-refractivity contribution in [3.63, 3.8) is 0 Å². The van der Waals surface area contributed by atoms with E-state index in [1.807, 2.05) is 0 Å². The molecule has 0 saturated carbocycles. The van der Waals surface area contributed by atoms with Gasteiger partial charge in [-0.1, -0.05) is 0 Å². The summed E-state index contributed by atoms with van der Waals surface area (Å²) in [6, 6.07) is -0.592. The molecule has 98 valence electrons. The van der Waals surface area contributed by atoms with E-state index >= 15 is 0 Å². The Bertz CT molecular complexity index is 286. The van der Waals surface area contributed by atoms with E-state index in [4.69, 9.17) is 10.5 Å². The van der Waals surface area contributed by atoms with Crippen molar-refractivity contribution in [3.8, 4) is 0 Å². The Morgan fingerprint density at radius 3 is 2.71 bits per heavy atom. The summed E-state index contributed by atoms with van der Waals surface area (Å²) in [4.78, 5) is 24.4. The summed E-state index contributed by atoms with van der Waals surface area (Å²) in [5, 5.41) is 2.72. The Balaban J connectivity index is 2.53. The number of carbonyl (C=O) groups is 2. The highest BCUT2D eigenvalue weighted by molar-refractivity contribution is 5.79. The van der Waals surface area contributed by atoms with Crippen LogP contribution in [0.15, 0.2) is 0 Å². The van der Waals surface area contributed by atoms with Crippen molar-refractivity contribution in [1.82, 2.24) is 21.1 Å². The van der Waals surface area contributed by atoms with E-state index < -0.39 is 0 Å². The van der Waals surface area contributed by atoms with E-state index in [0.29, 0.717) is 13.1 Å². The fourth-order valence-electron chi connectivity index (χ4n) is 1.80. The molecule has 5 N–H and O–H groups in total. The number of urea groups is 1. The van der Waals surface area contributed by atoms with E-state index in [9.17, 15) is 9.59 Å². The van der Waals surface area contributed by atoms with Crippen molar-refractivity contribution in [2.45, 2.75) is 12.1 Å². The molecule has 3 amide bonds. The molecule has 17 heavy (non-hydrogen) atoms. The summed E-state index contributed by atoms with van der Waals surface area (Å²) in [6.45, 7) is 0.814. The molecule has 0 unspecified atom stereocenters. The zero-order valence-electron chi connectivity index (χ0n) is 10.0. The average Bonchev–Trinajstić information content (AvgIpc) is 2.71. The van der Waals surface area contributed by atoms with Gasteiger partial charge < -0.3 is 20.7 Å². The van der Waals surface area contributed by atoms with E-state index in [0.717, 1.165) is 0 Å². The summed E-state index contributed by atoms with van der Waals surface area (Å²) < 4.78 is 5.23. The lowest BCUT2D eigenvalue weighted by Crippen LogP contribution is -2.51. The van der Waals surface area contributed by atoms with Crippen LogP contribution in [-0.2, 0) is 9.53 Å². The molecule has 0 spiro atoms. The topological polar surface area (TPSA) is 109 Å². The molecule has 2 atom stereocenters. The first-order chi connectivity index (χ1) is 8.12. The van der Waals surface area contributed by atoms with Crippen LogP contribution < -0.4 is 21.9 Å². The third-order valence-electron chi connectivity index (χ3n) is 2.65. The van der Waals surface area contributed by atoms with Gasteiger partial charge in [-0.25, -0.2) is 10.2 Å². The van der Waals surface area contributed by atoms with Gasteiger partial charge in [-0.05, 0) is 0 Å². The lowest BCUT2D eigenvalue weighted by molar-refractivity contribution is -0.129. The van der Waals surface area contributed by atoms with Crippen molar-refractivity contribution < 1.29 is 14.3 Å². The number of likely N-dealkylation sites (tertiary alicyclic amines) is 1. The first-order valence-corrected chi connectivity index (χ1v) is 5.36. The van der Waals surface area contributed by atoms with Crippen LogP contribution in [-0.4, -0.2) is 62.8 Å². The third-order valence-corrected chi connectivity index (χ3v) is 2.65. The summed E-state index contributed by atoms with van der Waals surface area (Å²) in [7, 11) is 3.14. The molecule has 1 aliphatic rings. The van der Waals surface area contributed by atoms with Gasteiger partial charge in [0.2, 0.25) is 5.91 Å². The predicted octanol–water partition coefficient (Wildman–Crippen LogP) is -2.40. The van der Waals surface area contributed by atoms with Crippen LogP contribution in [0.1, 0.15) is 0 Å². The highest BCUT2D eigenvalue weighted by Gasteiger charge is 2.35. The molecule has 1 fully saturated rings. The molecule has 0 bridgehead atoms. The third kappa shape index (κ3) is 3.55. The normalized spacial score (nSPS) is 23.6. The number of methoxy groups -OCH3 is 1. The molecule has 0 aliphatic carbocycles. The lowest BCUT2D eigenvalue weighted by Gasteiger charge is -2.18. The molecular weight excluding hydrogens is 226 g/mol. The summed E-state index contributed by atoms with van der Waals surface area (Å²) in [5.74, 6) is -0.148. The summed E-state index contributed by atoms with van der Waals surface area (Å²) >= 11 is 0. The number of carbonyl (C=O) groups excluding carboxylic acids is 2. The number of rotatable bonds is 4. The van der Waals surface area contributed by atoms with Crippen molar-refractivity contribution >= 4 is 11.9 Å². The van der Waals surface area contributed by atoms with Crippen LogP contribution in [0.25, 0.3) is 0 Å². The average molecular weight is 245 g/mol. The lowest BCUT2D eigenvalue weighted by atomic mass is 10.2. The standard InChI is InChI=1S/C9H19N5O3/c1-11-13-9(16)12-6-4-14(8(15)3-10)5-7(6)17-2/h6-7,11H,3-5,10H2,1-2H3,(H2,12,13,16)/t6-,7-/m0/s1. The van der Waals surface area contributed by atoms with E-state index in [-0.39, 0.29) is 30.6 Å². The van der Waals surface area contributed by atoms with Crippen LogP contribution in [0.5, 0.6) is 0 Å².